The van der Waals surface area contributed by atoms with Gasteiger partial charge in [0, 0.05) is 16.9 Å². The van der Waals surface area contributed by atoms with Crippen molar-refractivity contribution in [1.82, 2.24) is 0 Å². The lowest BCUT2D eigenvalue weighted by molar-refractivity contribution is 0.0942. The van der Waals surface area contributed by atoms with E-state index < -0.39 is 0 Å². The Morgan fingerprint density at radius 1 is 1.25 bits per heavy atom. The number of furan rings is 1. The first-order chi connectivity index (χ1) is 9.40. The standard InChI is InChI=1S/C17H20O3/c1-17(2,3)13-9-12(19-4)7-11-8-14(20-16(11)13)15(18)10-5-6-10/h7-10H,5-6H2,1-4H3. The summed E-state index contributed by atoms with van der Waals surface area (Å²) in [6.45, 7) is 6.39. The lowest BCUT2D eigenvalue weighted by atomic mass is 9.86. The second-order valence-electron chi connectivity index (χ2n) is 6.59. The summed E-state index contributed by atoms with van der Waals surface area (Å²) in [5, 5.41) is 0.943. The predicted octanol–water partition coefficient (Wildman–Crippen LogP) is 4.33. The van der Waals surface area contributed by atoms with Crippen molar-refractivity contribution in [2.24, 2.45) is 5.92 Å². The second kappa shape index (κ2) is 4.37. The van der Waals surface area contributed by atoms with Gasteiger partial charge in [-0.2, -0.15) is 0 Å². The van der Waals surface area contributed by atoms with Crippen LogP contribution in [-0.2, 0) is 5.41 Å². The van der Waals surface area contributed by atoms with E-state index in [0.29, 0.717) is 5.76 Å². The molecule has 2 aromatic rings. The first-order valence-electron chi connectivity index (χ1n) is 7.06. The van der Waals surface area contributed by atoms with Crippen LogP contribution in [0.4, 0.5) is 0 Å². The Hall–Kier alpha value is -1.77. The topological polar surface area (TPSA) is 39.4 Å². The zero-order valence-electron chi connectivity index (χ0n) is 12.4. The lowest BCUT2D eigenvalue weighted by Crippen LogP contribution is -2.11. The average Bonchev–Trinajstić information content (AvgIpc) is 3.14. The van der Waals surface area contributed by atoms with Gasteiger partial charge in [0.05, 0.1) is 7.11 Å². The minimum absolute atomic E-state index is 0.0649. The third-order valence-electron chi connectivity index (χ3n) is 3.82. The highest BCUT2D eigenvalue weighted by atomic mass is 16.5. The highest BCUT2D eigenvalue weighted by Crippen LogP contribution is 2.38. The summed E-state index contributed by atoms with van der Waals surface area (Å²) >= 11 is 0. The summed E-state index contributed by atoms with van der Waals surface area (Å²) < 4.78 is 11.2. The quantitative estimate of drug-likeness (QED) is 0.781. The molecule has 3 nitrogen and oxygen atoms in total. The van der Waals surface area contributed by atoms with Gasteiger partial charge in [0.1, 0.15) is 11.3 Å². The molecule has 1 fully saturated rings. The fourth-order valence-electron chi connectivity index (χ4n) is 2.47. The molecule has 1 saturated carbocycles. The number of ketones is 1. The molecule has 1 aromatic heterocycles. The van der Waals surface area contributed by atoms with Crippen molar-refractivity contribution in [3.05, 3.63) is 29.5 Å². The van der Waals surface area contributed by atoms with Gasteiger partial charge in [0.2, 0.25) is 5.78 Å². The van der Waals surface area contributed by atoms with Gasteiger partial charge in [-0.3, -0.25) is 4.79 Å². The number of Topliss-reactive ketones (excluding diaryl/α,β-unsaturated/α-hetero) is 1. The fraction of sp³-hybridized carbons (Fsp3) is 0.471. The van der Waals surface area contributed by atoms with E-state index in [4.69, 9.17) is 9.15 Å². The minimum Gasteiger partial charge on any atom is -0.497 e. The van der Waals surface area contributed by atoms with Crippen LogP contribution in [0.15, 0.2) is 22.6 Å². The van der Waals surface area contributed by atoms with Crippen molar-refractivity contribution in [2.45, 2.75) is 39.0 Å². The van der Waals surface area contributed by atoms with Crippen LogP contribution in [0.5, 0.6) is 5.75 Å². The maximum atomic E-state index is 12.2. The van der Waals surface area contributed by atoms with Crippen molar-refractivity contribution >= 4 is 16.8 Å². The molecular weight excluding hydrogens is 252 g/mol. The number of ether oxygens (including phenoxy) is 1. The summed E-state index contributed by atoms with van der Waals surface area (Å²) in [5.41, 5.74) is 1.81. The number of carbonyl (C=O) groups is 1. The van der Waals surface area contributed by atoms with Gasteiger partial charge in [-0.1, -0.05) is 20.8 Å². The van der Waals surface area contributed by atoms with E-state index in [0.717, 1.165) is 35.1 Å². The van der Waals surface area contributed by atoms with Gasteiger partial charge in [0.15, 0.2) is 5.76 Å². The second-order valence-corrected chi connectivity index (χ2v) is 6.59. The van der Waals surface area contributed by atoms with Crippen LogP contribution in [0.1, 0.15) is 49.7 Å². The number of fused-ring (bicyclic) bond motifs is 1. The molecule has 0 saturated heterocycles. The Morgan fingerprint density at radius 2 is 1.95 bits per heavy atom. The smallest absolute Gasteiger partial charge is 0.201 e. The van der Waals surface area contributed by atoms with Crippen molar-refractivity contribution in [3.8, 4) is 5.75 Å². The van der Waals surface area contributed by atoms with Gasteiger partial charge in [-0.15, -0.1) is 0 Å². The number of rotatable bonds is 3. The normalized spacial score (nSPS) is 15.6. The highest BCUT2D eigenvalue weighted by Gasteiger charge is 2.33. The molecule has 0 radical (unpaired) electrons. The van der Waals surface area contributed by atoms with Crippen LogP contribution in [0, 0.1) is 5.92 Å². The Morgan fingerprint density at radius 3 is 2.50 bits per heavy atom. The Bertz CT molecular complexity index is 669. The molecule has 3 rings (SSSR count). The van der Waals surface area contributed by atoms with E-state index in [1.807, 2.05) is 18.2 Å². The number of methoxy groups -OCH3 is 1. The van der Waals surface area contributed by atoms with Crippen LogP contribution >= 0.6 is 0 Å². The van der Waals surface area contributed by atoms with Crippen molar-refractivity contribution < 1.29 is 13.9 Å². The monoisotopic (exact) mass is 272 g/mol. The van der Waals surface area contributed by atoms with E-state index in [1.54, 1.807) is 7.11 Å². The molecule has 0 N–H and O–H groups in total. The number of hydrogen-bond acceptors (Lipinski definition) is 3. The fourth-order valence-corrected chi connectivity index (χ4v) is 2.47. The Balaban J connectivity index is 2.18. The zero-order chi connectivity index (χ0) is 14.5. The van der Waals surface area contributed by atoms with Gasteiger partial charge >= 0.3 is 0 Å². The van der Waals surface area contributed by atoms with Crippen LogP contribution in [0.2, 0.25) is 0 Å². The van der Waals surface area contributed by atoms with Crippen LogP contribution in [-0.4, -0.2) is 12.9 Å². The zero-order valence-corrected chi connectivity index (χ0v) is 12.4. The number of hydrogen-bond donors (Lipinski definition) is 0. The minimum atomic E-state index is -0.0649. The molecule has 3 heteroatoms. The molecule has 1 heterocycles. The Kier molecular flexibility index (Phi) is 2.89. The highest BCUT2D eigenvalue weighted by molar-refractivity contribution is 6.01. The summed E-state index contributed by atoms with van der Waals surface area (Å²) in [7, 11) is 1.66. The van der Waals surface area contributed by atoms with E-state index in [-0.39, 0.29) is 17.1 Å². The number of benzene rings is 1. The van der Waals surface area contributed by atoms with Crippen LogP contribution < -0.4 is 4.74 Å². The predicted molar refractivity (Wildman–Crippen MR) is 78.5 cm³/mol. The SMILES string of the molecule is COc1cc(C(C)(C)C)c2oc(C(=O)C3CC3)cc2c1. The van der Waals surface area contributed by atoms with E-state index >= 15 is 0 Å². The van der Waals surface area contributed by atoms with Crippen molar-refractivity contribution in [1.29, 1.82) is 0 Å². The molecule has 0 amide bonds. The van der Waals surface area contributed by atoms with Gasteiger partial charge in [-0.05, 0) is 36.5 Å². The summed E-state index contributed by atoms with van der Waals surface area (Å²) in [6, 6.07) is 5.78. The lowest BCUT2D eigenvalue weighted by Gasteiger charge is -2.20. The van der Waals surface area contributed by atoms with E-state index in [9.17, 15) is 4.79 Å². The van der Waals surface area contributed by atoms with Crippen LogP contribution in [0.3, 0.4) is 0 Å². The molecule has 1 aromatic carbocycles. The molecule has 0 bridgehead atoms. The van der Waals surface area contributed by atoms with Crippen molar-refractivity contribution in [3.63, 3.8) is 0 Å². The maximum absolute atomic E-state index is 12.2. The first-order valence-corrected chi connectivity index (χ1v) is 7.06. The largest absolute Gasteiger partial charge is 0.497 e. The van der Waals surface area contributed by atoms with E-state index in [2.05, 4.69) is 20.8 Å². The molecule has 106 valence electrons. The molecule has 20 heavy (non-hydrogen) atoms. The molecule has 0 unspecified atom stereocenters. The van der Waals surface area contributed by atoms with E-state index in [1.165, 1.54) is 0 Å². The third-order valence-corrected chi connectivity index (χ3v) is 3.82. The van der Waals surface area contributed by atoms with Gasteiger partial charge < -0.3 is 9.15 Å². The third kappa shape index (κ3) is 2.21. The van der Waals surface area contributed by atoms with Crippen LogP contribution in [0.25, 0.3) is 11.0 Å². The molecule has 0 aliphatic heterocycles. The Labute approximate surface area is 118 Å². The molecule has 1 aliphatic carbocycles. The first kappa shape index (κ1) is 13.2. The maximum Gasteiger partial charge on any atom is 0.201 e. The summed E-state index contributed by atoms with van der Waals surface area (Å²) in [4.78, 5) is 12.2. The molecule has 0 atom stereocenters. The average molecular weight is 272 g/mol. The summed E-state index contributed by atoms with van der Waals surface area (Å²) in [6.07, 6.45) is 1.98. The summed E-state index contributed by atoms with van der Waals surface area (Å²) in [5.74, 6) is 1.60. The number of carbonyl (C=O) groups excluding carboxylic acids is 1. The van der Waals surface area contributed by atoms with Gasteiger partial charge in [0.25, 0.3) is 0 Å². The molecular formula is C17H20O3. The molecule has 1 aliphatic rings. The van der Waals surface area contributed by atoms with Crippen molar-refractivity contribution in [2.75, 3.05) is 7.11 Å². The molecule has 0 spiro atoms. The van der Waals surface area contributed by atoms with Gasteiger partial charge in [-0.25, -0.2) is 0 Å².